The van der Waals surface area contributed by atoms with Gasteiger partial charge in [-0.2, -0.15) is 5.26 Å². The van der Waals surface area contributed by atoms with E-state index < -0.39 is 17.7 Å². The van der Waals surface area contributed by atoms with E-state index in [1.54, 1.807) is 18.3 Å². The Morgan fingerprint density at radius 1 is 0.921 bits per heavy atom. The number of pyridine rings is 1. The van der Waals surface area contributed by atoms with Crippen LogP contribution in [0.4, 0.5) is 0 Å². The largest absolute Gasteiger partial charge is 0.385 e. The number of nitrogens with zero attached hydrogens (tertiary/aromatic N) is 3. The molecule has 192 valence electrons. The van der Waals surface area contributed by atoms with Crippen molar-refractivity contribution in [3.8, 4) is 6.07 Å². The Morgan fingerprint density at radius 3 is 1.87 bits per heavy atom. The lowest BCUT2D eigenvalue weighted by atomic mass is 9.80. The van der Waals surface area contributed by atoms with Crippen molar-refractivity contribution in [1.82, 2.24) is 9.88 Å². The molecule has 5 nitrogen and oxygen atoms in total. The van der Waals surface area contributed by atoms with E-state index in [1.165, 1.54) is 0 Å². The predicted octanol–water partition coefficient (Wildman–Crippen LogP) is 6.27. The maximum atomic E-state index is 11.6. The van der Waals surface area contributed by atoms with Crippen LogP contribution in [0.1, 0.15) is 28.5 Å². The highest BCUT2D eigenvalue weighted by Gasteiger charge is 2.40. The van der Waals surface area contributed by atoms with Crippen LogP contribution in [0.2, 0.25) is 0 Å². The molecule has 1 heterocycles. The summed E-state index contributed by atoms with van der Waals surface area (Å²) < 4.78 is 7.82. The number of rotatable bonds is 12. The van der Waals surface area contributed by atoms with Crippen molar-refractivity contribution in [3.05, 3.63) is 149 Å². The van der Waals surface area contributed by atoms with Crippen LogP contribution in [0.3, 0.4) is 0 Å². The zero-order chi connectivity index (χ0) is 26.8. The number of ether oxygens (including phenoxy) is 1. The topological polar surface area (TPSA) is 69.4 Å². The number of benzene rings is 3. The smallest absolute Gasteiger partial charge is 0.143 e. The molecular weight excluding hydrogens is 538 g/mol. The highest BCUT2D eigenvalue weighted by molar-refractivity contribution is 9.10. The molecule has 0 saturated carbocycles. The van der Waals surface area contributed by atoms with Gasteiger partial charge in [0.15, 0.2) is 0 Å². The average molecular weight is 569 g/mol. The van der Waals surface area contributed by atoms with Gasteiger partial charge < -0.3 is 9.84 Å². The van der Waals surface area contributed by atoms with Gasteiger partial charge in [0.05, 0.1) is 31.0 Å². The van der Waals surface area contributed by atoms with Gasteiger partial charge >= 0.3 is 0 Å². The summed E-state index contributed by atoms with van der Waals surface area (Å²) in [5.41, 5.74) is 2.42. The minimum absolute atomic E-state index is 0.0998. The second-order valence-electron chi connectivity index (χ2n) is 8.88. The quantitative estimate of drug-likeness (QED) is 0.124. The third-order valence-corrected chi connectivity index (χ3v) is 7.00. The zero-order valence-corrected chi connectivity index (χ0v) is 22.6. The second-order valence-corrected chi connectivity index (χ2v) is 9.80. The van der Waals surface area contributed by atoms with Gasteiger partial charge in [-0.3, -0.25) is 9.88 Å². The van der Waals surface area contributed by atoms with E-state index in [4.69, 9.17) is 4.74 Å². The van der Waals surface area contributed by atoms with Gasteiger partial charge in [-0.15, -0.1) is 6.58 Å². The first-order valence-corrected chi connectivity index (χ1v) is 13.2. The standard InChI is InChI=1S/C32H30BrN3O2/c1-2-21-36(22-20-34)30(31(37)29-19-18-28(33)23-35-29)24-38-32(25-12-6-3-7-13-25,26-14-8-4-9-15-26)27-16-10-5-11-17-27/h2-19,23,30-31,37H,1,21-22,24H2/t30-,31-/m1/s1. The molecule has 0 radical (unpaired) electrons. The van der Waals surface area contributed by atoms with Crippen molar-refractivity contribution in [2.75, 3.05) is 19.7 Å². The van der Waals surface area contributed by atoms with Crippen LogP contribution in [0.25, 0.3) is 0 Å². The molecule has 2 atom stereocenters. The summed E-state index contributed by atoms with van der Waals surface area (Å²) in [6.07, 6.45) is 2.38. The van der Waals surface area contributed by atoms with Gasteiger partial charge in [0.25, 0.3) is 0 Å². The molecule has 0 aliphatic rings. The maximum Gasteiger partial charge on any atom is 0.143 e. The first-order chi connectivity index (χ1) is 18.6. The number of aromatic nitrogens is 1. The van der Waals surface area contributed by atoms with E-state index in [0.29, 0.717) is 12.2 Å². The second kappa shape index (κ2) is 13.3. The third kappa shape index (κ3) is 6.09. The van der Waals surface area contributed by atoms with Crippen LogP contribution < -0.4 is 0 Å². The first-order valence-electron chi connectivity index (χ1n) is 12.4. The van der Waals surface area contributed by atoms with E-state index in [-0.39, 0.29) is 13.2 Å². The van der Waals surface area contributed by atoms with E-state index in [1.807, 2.05) is 65.6 Å². The minimum Gasteiger partial charge on any atom is -0.385 e. The summed E-state index contributed by atoms with van der Waals surface area (Å²) in [4.78, 5) is 6.30. The van der Waals surface area contributed by atoms with Crippen molar-refractivity contribution in [3.63, 3.8) is 0 Å². The summed E-state index contributed by atoms with van der Waals surface area (Å²) in [5.74, 6) is 0. The molecule has 38 heavy (non-hydrogen) atoms. The van der Waals surface area contributed by atoms with Gasteiger partial charge in [0, 0.05) is 17.2 Å². The number of halogens is 1. The van der Waals surface area contributed by atoms with Crippen LogP contribution >= 0.6 is 15.9 Å². The summed E-state index contributed by atoms with van der Waals surface area (Å²) in [6.45, 7) is 4.49. The molecule has 0 bridgehead atoms. The van der Waals surface area contributed by atoms with Crippen molar-refractivity contribution >= 4 is 15.9 Å². The van der Waals surface area contributed by atoms with Crippen molar-refractivity contribution in [2.45, 2.75) is 17.7 Å². The Hall–Kier alpha value is -3.60. The molecule has 0 amide bonds. The summed E-state index contributed by atoms with van der Waals surface area (Å²) in [7, 11) is 0. The van der Waals surface area contributed by atoms with Crippen LogP contribution in [0.15, 0.2) is 126 Å². The Bertz CT molecular complexity index is 1230. The van der Waals surface area contributed by atoms with Gasteiger partial charge in [-0.25, -0.2) is 0 Å². The predicted molar refractivity (Wildman–Crippen MR) is 153 cm³/mol. The first kappa shape index (κ1) is 27.4. The molecule has 0 aliphatic heterocycles. The molecule has 1 aromatic heterocycles. The lowest BCUT2D eigenvalue weighted by Crippen LogP contribution is -2.46. The highest BCUT2D eigenvalue weighted by Crippen LogP contribution is 2.41. The Morgan fingerprint density at radius 2 is 1.45 bits per heavy atom. The number of aliphatic hydroxyl groups is 1. The fourth-order valence-corrected chi connectivity index (χ4v) is 4.94. The summed E-state index contributed by atoms with van der Waals surface area (Å²) >= 11 is 3.41. The number of hydrogen-bond acceptors (Lipinski definition) is 5. The lowest BCUT2D eigenvalue weighted by Gasteiger charge is -2.39. The molecule has 0 unspecified atom stereocenters. The molecule has 0 aliphatic carbocycles. The van der Waals surface area contributed by atoms with Gasteiger partial charge in [0.2, 0.25) is 0 Å². The van der Waals surface area contributed by atoms with Crippen LogP contribution in [-0.4, -0.2) is 40.7 Å². The van der Waals surface area contributed by atoms with Crippen molar-refractivity contribution in [1.29, 1.82) is 5.26 Å². The van der Waals surface area contributed by atoms with E-state index in [9.17, 15) is 10.4 Å². The molecule has 4 aromatic rings. The number of nitriles is 1. The number of aliphatic hydroxyl groups excluding tert-OH is 1. The average Bonchev–Trinajstić information content (AvgIpc) is 2.97. The van der Waals surface area contributed by atoms with Gasteiger partial charge in [0.1, 0.15) is 11.7 Å². The van der Waals surface area contributed by atoms with E-state index in [0.717, 1.165) is 21.2 Å². The summed E-state index contributed by atoms with van der Waals surface area (Å²) in [5, 5.41) is 21.2. The van der Waals surface area contributed by atoms with E-state index in [2.05, 4.69) is 70.0 Å². The Kier molecular flexibility index (Phi) is 9.58. The SMILES string of the molecule is C=CCN(CC#N)[C@H](COC(c1ccccc1)(c1ccccc1)c1ccccc1)[C@H](O)c1ccc(Br)cn1. The fourth-order valence-electron chi connectivity index (χ4n) is 4.71. The van der Waals surface area contributed by atoms with Crippen molar-refractivity contribution in [2.24, 2.45) is 0 Å². The lowest BCUT2D eigenvalue weighted by molar-refractivity contribution is -0.0547. The third-order valence-electron chi connectivity index (χ3n) is 6.54. The fraction of sp³-hybridized carbons (Fsp3) is 0.188. The van der Waals surface area contributed by atoms with Crippen LogP contribution in [0.5, 0.6) is 0 Å². The normalized spacial score (nSPS) is 13.0. The van der Waals surface area contributed by atoms with E-state index >= 15 is 0 Å². The maximum absolute atomic E-state index is 11.6. The summed E-state index contributed by atoms with van der Waals surface area (Å²) in [6, 6.07) is 35.5. The molecule has 3 aromatic carbocycles. The molecule has 0 saturated heterocycles. The molecule has 0 fully saturated rings. The van der Waals surface area contributed by atoms with Crippen molar-refractivity contribution < 1.29 is 9.84 Å². The van der Waals surface area contributed by atoms with Gasteiger partial charge in [-0.1, -0.05) is 97.1 Å². The Balaban J connectivity index is 1.83. The monoisotopic (exact) mass is 567 g/mol. The van der Waals surface area contributed by atoms with Crippen LogP contribution in [-0.2, 0) is 10.3 Å². The number of hydrogen-bond donors (Lipinski definition) is 1. The molecule has 6 heteroatoms. The Labute approximate surface area is 232 Å². The highest BCUT2D eigenvalue weighted by atomic mass is 79.9. The minimum atomic E-state index is -1.00. The molecular formula is C32H30BrN3O2. The molecule has 4 rings (SSSR count). The zero-order valence-electron chi connectivity index (χ0n) is 21.0. The molecule has 1 N–H and O–H groups in total. The van der Waals surface area contributed by atoms with Crippen LogP contribution in [0, 0.1) is 11.3 Å². The van der Waals surface area contributed by atoms with Gasteiger partial charge in [-0.05, 0) is 44.8 Å². The molecule has 0 spiro atoms.